The number of rotatable bonds is 3. The van der Waals surface area contributed by atoms with Crippen molar-refractivity contribution in [2.24, 2.45) is 14.6 Å². The molecule has 1 heterocycles. The van der Waals surface area contributed by atoms with Crippen LogP contribution in [0.5, 0.6) is 0 Å². The first-order valence-corrected chi connectivity index (χ1v) is 11.2. The highest BCUT2D eigenvalue weighted by molar-refractivity contribution is 8.07. The number of hydrogen-bond acceptors (Lipinski definition) is 3. The Kier molecular flexibility index (Phi) is 4.90. The lowest BCUT2D eigenvalue weighted by Gasteiger charge is -2.31. The number of carboxylic acids is 1. The van der Waals surface area contributed by atoms with Gasteiger partial charge in [0.05, 0.1) is 10.5 Å². The van der Waals surface area contributed by atoms with Crippen LogP contribution in [0, 0.1) is 22.7 Å². The van der Waals surface area contributed by atoms with Crippen molar-refractivity contribution >= 4 is 26.1 Å². The first-order valence-electron chi connectivity index (χ1n) is 7.71. The second kappa shape index (κ2) is 6.24. The molecule has 1 aromatic rings. The molecule has 1 aliphatic heterocycles. The van der Waals surface area contributed by atoms with Crippen molar-refractivity contribution in [1.82, 2.24) is 0 Å². The van der Waals surface area contributed by atoms with E-state index in [9.17, 15) is 17.8 Å². The van der Waals surface area contributed by atoms with Crippen LogP contribution in [0.25, 0.3) is 0 Å². The number of aromatic carboxylic acids is 1. The first kappa shape index (κ1) is 19.6. The molecule has 138 valence electrons. The largest absolute Gasteiger partial charge is 0.478 e. The molecule has 8 heteroatoms. The van der Waals surface area contributed by atoms with Crippen molar-refractivity contribution in [3.63, 3.8) is 0 Å². The maximum absolute atomic E-state index is 12.7. The van der Waals surface area contributed by atoms with Crippen LogP contribution in [0.1, 0.15) is 38.1 Å². The number of hydrogen-bond donors (Lipinski definition) is 3. The van der Waals surface area contributed by atoms with Gasteiger partial charge in [0.25, 0.3) is 10.0 Å². The van der Waals surface area contributed by atoms with Gasteiger partial charge < -0.3 is 9.66 Å². The summed E-state index contributed by atoms with van der Waals surface area (Å²) in [4.78, 5) is 10.8. The second-order valence-electron chi connectivity index (χ2n) is 7.60. The molecular formula is C17H23NO5S2. The SMILES string of the molecule is CC1(C)C#CC(C)(C)C[SH](O)(=NS(=O)(=O)c2cccc(C(=O)O)c2)C1. The Bertz CT molecular complexity index is 907. The lowest BCUT2D eigenvalue weighted by atomic mass is 9.92. The highest BCUT2D eigenvalue weighted by Gasteiger charge is 2.33. The summed E-state index contributed by atoms with van der Waals surface area (Å²) >= 11 is 0. The number of thiol groups is 1. The topological polar surface area (TPSA) is 104 Å². The van der Waals surface area contributed by atoms with Crippen molar-refractivity contribution in [2.45, 2.75) is 32.6 Å². The van der Waals surface area contributed by atoms with Gasteiger partial charge >= 0.3 is 5.97 Å². The van der Waals surface area contributed by atoms with E-state index in [1.807, 2.05) is 27.7 Å². The van der Waals surface area contributed by atoms with Gasteiger partial charge in [-0.25, -0.2) is 4.79 Å². The molecule has 0 bridgehead atoms. The van der Waals surface area contributed by atoms with Gasteiger partial charge in [-0.2, -0.15) is 8.42 Å². The quantitative estimate of drug-likeness (QED) is 0.548. The van der Waals surface area contributed by atoms with Crippen molar-refractivity contribution in [2.75, 3.05) is 11.5 Å². The summed E-state index contributed by atoms with van der Waals surface area (Å²) in [5, 5.41) is 9.04. The van der Waals surface area contributed by atoms with E-state index in [1.54, 1.807) is 0 Å². The summed E-state index contributed by atoms with van der Waals surface area (Å²) in [7, 11) is -7.40. The minimum absolute atomic E-state index is 0.147. The summed E-state index contributed by atoms with van der Waals surface area (Å²) < 4.78 is 40.3. The van der Waals surface area contributed by atoms with E-state index in [0.717, 1.165) is 6.07 Å². The number of benzene rings is 1. The van der Waals surface area contributed by atoms with E-state index in [2.05, 4.69) is 15.6 Å². The molecule has 0 aromatic heterocycles. The van der Waals surface area contributed by atoms with Gasteiger partial charge in [-0.05, 0) is 45.9 Å². The van der Waals surface area contributed by atoms with Gasteiger partial charge in [0, 0.05) is 22.3 Å². The van der Waals surface area contributed by atoms with Crippen LogP contribution in [0.15, 0.2) is 32.9 Å². The zero-order valence-electron chi connectivity index (χ0n) is 14.6. The Morgan fingerprint density at radius 2 is 1.68 bits per heavy atom. The summed E-state index contributed by atoms with van der Waals surface area (Å²) in [5.41, 5.74) is -1.26. The summed E-state index contributed by atoms with van der Waals surface area (Å²) in [6.45, 7) is 7.39. The normalized spacial score (nSPS) is 22.0. The Balaban J connectivity index is 2.56. The van der Waals surface area contributed by atoms with E-state index in [1.165, 1.54) is 18.2 Å². The van der Waals surface area contributed by atoms with E-state index in [-0.39, 0.29) is 22.0 Å². The number of sulfonamides is 1. The predicted octanol–water partition coefficient (Wildman–Crippen LogP) is 2.69. The van der Waals surface area contributed by atoms with Crippen molar-refractivity contribution in [3.05, 3.63) is 29.8 Å². The molecule has 25 heavy (non-hydrogen) atoms. The van der Waals surface area contributed by atoms with Crippen LogP contribution in [0.3, 0.4) is 0 Å². The maximum Gasteiger partial charge on any atom is 0.335 e. The summed E-state index contributed by atoms with van der Waals surface area (Å²) in [6.07, 6.45) is 0. The van der Waals surface area contributed by atoms with Crippen LogP contribution >= 0.6 is 0 Å². The average molecular weight is 386 g/mol. The van der Waals surface area contributed by atoms with Crippen LogP contribution < -0.4 is 0 Å². The average Bonchev–Trinajstić information content (AvgIpc) is 2.51. The van der Waals surface area contributed by atoms with E-state index < -0.39 is 36.9 Å². The maximum atomic E-state index is 12.7. The van der Waals surface area contributed by atoms with Crippen LogP contribution in [-0.2, 0) is 20.1 Å². The fraction of sp³-hybridized carbons (Fsp3) is 0.471. The second-order valence-corrected chi connectivity index (χ2v) is 12.1. The predicted molar refractivity (Wildman–Crippen MR) is 99.5 cm³/mol. The van der Waals surface area contributed by atoms with Crippen LogP contribution in [0.4, 0.5) is 0 Å². The Hall–Kier alpha value is -1.69. The molecule has 1 aliphatic rings. The van der Waals surface area contributed by atoms with Crippen LogP contribution in [-0.4, -0.2) is 35.6 Å². The monoisotopic (exact) mass is 385 g/mol. The number of carbonyl (C=O) groups is 1. The molecule has 0 spiro atoms. The first-order chi connectivity index (χ1) is 11.2. The minimum atomic E-state index is -4.19. The smallest absolute Gasteiger partial charge is 0.335 e. The van der Waals surface area contributed by atoms with Crippen molar-refractivity contribution < 1.29 is 22.9 Å². The van der Waals surface area contributed by atoms with E-state index >= 15 is 0 Å². The van der Waals surface area contributed by atoms with Crippen LogP contribution in [0.2, 0.25) is 0 Å². The highest BCUT2D eigenvalue weighted by atomic mass is 32.3. The minimum Gasteiger partial charge on any atom is -0.478 e. The van der Waals surface area contributed by atoms with Crippen molar-refractivity contribution in [3.8, 4) is 11.8 Å². The van der Waals surface area contributed by atoms with Gasteiger partial charge in [0.15, 0.2) is 0 Å². The Morgan fingerprint density at radius 1 is 1.16 bits per heavy atom. The molecule has 1 aromatic carbocycles. The Labute approximate surface area is 149 Å². The Morgan fingerprint density at radius 3 is 2.16 bits per heavy atom. The highest BCUT2D eigenvalue weighted by Crippen LogP contribution is 2.33. The molecule has 0 unspecified atom stereocenters. The van der Waals surface area contributed by atoms with Crippen molar-refractivity contribution in [1.29, 1.82) is 0 Å². The molecule has 0 amide bonds. The summed E-state index contributed by atoms with van der Waals surface area (Å²) in [5.74, 6) is 5.33. The third-order valence-corrected chi connectivity index (χ3v) is 9.19. The number of nitrogens with zero attached hydrogens (tertiary/aromatic N) is 1. The molecule has 0 radical (unpaired) electrons. The zero-order chi connectivity index (χ0) is 19.1. The standard InChI is InChI=1S/C17H23NO5S2/c1-16(2)8-9-17(3,4)12-24(21,11-16)18-25(22,23)14-7-5-6-13(10-14)15(19)20/h5-7,10,24H,11-12H2,1-4H3,(H,18,21)(H,19,20). The lowest BCUT2D eigenvalue weighted by molar-refractivity contribution is 0.0696. The third-order valence-electron chi connectivity index (χ3n) is 3.67. The van der Waals surface area contributed by atoms with E-state index in [4.69, 9.17) is 5.11 Å². The molecule has 2 rings (SSSR count). The molecule has 0 atom stereocenters. The number of carboxylic acid groups (broad SMARTS) is 1. The molecule has 0 saturated carbocycles. The van der Waals surface area contributed by atoms with Gasteiger partial charge in [0.2, 0.25) is 0 Å². The molecule has 0 aliphatic carbocycles. The van der Waals surface area contributed by atoms with E-state index in [0.29, 0.717) is 0 Å². The molecule has 0 fully saturated rings. The molecular weight excluding hydrogens is 362 g/mol. The summed E-state index contributed by atoms with van der Waals surface area (Å²) in [6, 6.07) is 4.98. The van der Waals surface area contributed by atoms with Gasteiger partial charge in [-0.3, -0.25) is 0 Å². The zero-order valence-corrected chi connectivity index (χ0v) is 16.4. The molecule has 6 nitrogen and oxygen atoms in total. The molecule has 2 N–H and O–H groups in total. The van der Waals surface area contributed by atoms with Gasteiger partial charge in [-0.1, -0.05) is 28.0 Å². The molecule has 0 saturated heterocycles. The fourth-order valence-electron chi connectivity index (χ4n) is 2.83. The van der Waals surface area contributed by atoms with Gasteiger partial charge in [0.1, 0.15) is 0 Å². The fourth-order valence-corrected chi connectivity index (χ4v) is 8.60. The lowest BCUT2D eigenvalue weighted by Crippen LogP contribution is -2.33. The van der Waals surface area contributed by atoms with Gasteiger partial charge in [-0.15, -0.1) is 3.77 Å². The third kappa shape index (κ3) is 4.91.